The van der Waals surface area contributed by atoms with Gasteiger partial charge in [0.05, 0.1) is 5.56 Å². The van der Waals surface area contributed by atoms with Crippen molar-refractivity contribution in [1.82, 2.24) is 5.32 Å². The Hall–Kier alpha value is -0.820. The molecule has 0 spiro atoms. The van der Waals surface area contributed by atoms with Gasteiger partial charge in [0, 0.05) is 8.59 Å². The summed E-state index contributed by atoms with van der Waals surface area (Å²) in [5, 5.41) is 12.2. The van der Waals surface area contributed by atoms with Crippen molar-refractivity contribution in [3.05, 3.63) is 32.4 Å². The van der Waals surface area contributed by atoms with E-state index in [0.717, 1.165) is 3.57 Å². The first-order chi connectivity index (χ1) is 8.62. The fourth-order valence-corrected chi connectivity index (χ4v) is 2.28. The molecule has 0 radical (unpaired) electrons. The van der Waals surface area contributed by atoms with Crippen LogP contribution in [0.25, 0.3) is 0 Å². The molecule has 1 rings (SSSR count). The first-order valence-electron chi connectivity index (χ1n) is 5.61. The number of aliphatic carboxylic acids is 1. The first-order valence-corrected chi connectivity index (χ1v) is 7.07. The number of carbonyl (C=O) groups excluding carboxylic acids is 1. The molecule has 0 fully saturated rings. The Morgan fingerprint density at radius 2 is 1.95 bits per heavy atom. The number of hydrogen-bond donors (Lipinski definition) is 2. The zero-order valence-electron chi connectivity index (χ0n) is 10.8. The van der Waals surface area contributed by atoms with Gasteiger partial charge >= 0.3 is 5.97 Å². The summed E-state index contributed by atoms with van der Waals surface area (Å²) in [5.74, 6) is -1.49. The summed E-state index contributed by atoms with van der Waals surface area (Å²) in [6.45, 7) is 5.28. The van der Waals surface area contributed by atoms with E-state index in [4.69, 9.17) is 11.6 Å². The predicted molar refractivity (Wildman–Crippen MR) is 82.5 cm³/mol. The maximum Gasteiger partial charge on any atom is 0.326 e. The molecule has 1 atom stereocenters. The summed E-state index contributed by atoms with van der Waals surface area (Å²) in [7, 11) is 0. The molecular weight excluding hydrogens is 381 g/mol. The SMILES string of the molecule is CC(C)(C)C(NC(=O)c1cc(Cl)ccc1I)C(=O)O. The highest BCUT2D eigenvalue weighted by molar-refractivity contribution is 14.1. The van der Waals surface area contributed by atoms with Crippen LogP contribution in [0.4, 0.5) is 0 Å². The van der Waals surface area contributed by atoms with Crippen LogP contribution >= 0.6 is 34.2 Å². The van der Waals surface area contributed by atoms with E-state index < -0.39 is 23.3 Å². The number of amides is 1. The van der Waals surface area contributed by atoms with Crippen molar-refractivity contribution < 1.29 is 14.7 Å². The zero-order valence-corrected chi connectivity index (χ0v) is 13.7. The van der Waals surface area contributed by atoms with Crippen molar-refractivity contribution in [2.75, 3.05) is 0 Å². The number of rotatable bonds is 3. The molecule has 2 N–H and O–H groups in total. The summed E-state index contributed by atoms with van der Waals surface area (Å²) in [6, 6.07) is 3.96. The predicted octanol–water partition coefficient (Wildman–Crippen LogP) is 3.17. The number of nitrogens with one attached hydrogen (secondary N) is 1. The van der Waals surface area contributed by atoms with Crippen LogP contribution in [0.5, 0.6) is 0 Å². The number of carboxylic acid groups (broad SMARTS) is 1. The summed E-state index contributed by atoms with van der Waals surface area (Å²) in [5.41, 5.74) is -0.200. The van der Waals surface area contributed by atoms with E-state index in [9.17, 15) is 14.7 Å². The molecule has 0 bridgehead atoms. The molecule has 0 aliphatic heterocycles. The molecule has 0 aliphatic rings. The summed E-state index contributed by atoms with van der Waals surface area (Å²) < 4.78 is 0.720. The summed E-state index contributed by atoms with van der Waals surface area (Å²) in [6.07, 6.45) is 0. The number of halogens is 2. The van der Waals surface area contributed by atoms with Crippen molar-refractivity contribution in [2.24, 2.45) is 5.41 Å². The standard InChI is InChI=1S/C13H15ClINO3/c1-13(2,3)10(12(18)19)16-11(17)8-6-7(14)4-5-9(8)15/h4-6,10H,1-3H3,(H,16,17)(H,18,19). The fraction of sp³-hybridized carbons (Fsp3) is 0.385. The molecule has 1 aromatic carbocycles. The van der Waals surface area contributed by atoms with Gasteiger partial charge in [-0.15, -0.1) is 0 Å². The van der Waals surface area contributed by atoms with Crippen LogP contribution in [0.1, 0.15) is 31.1 Å². The van der Waals surface area contributed by atoms with Crippen LogP contribution in [0.2, 0.25) is 5.02 Å². The van der Waals surface area contributed by atoms with E-state index in [1.807, 2.05) is 22.6 Å². The first kappa shape index (κ1) is 16.2. The normalized spacial score (nSPS) is 12.9. The molecule has 1 unspecified atom stereocenters. The Morgan fingerprint density at radius 1 is 1.37 bits per heavy atom. The molecular formula is C13H15ClINO3. The molecule has 6 heteroatoms. The second-order valence-corrected chi connectivity index (χ2v) is 6.83. The van der Waals surface area contributed by atoms with Crippen LogP contribution in [-0.4, -0.2) is 23.0 Å². The van der Waals surface area contributed by atoms with Gasteiger partial charge in [-0.25, -0.2) is 4.79 Å². The van der Waals surface area contributed by atoms with Crippen LogP contribution in [-0.2, 0) is 4.79 Å². The average Bonchev–Trinajstić information content (AvgIpc) is 2.26. The largest absolute Gasteiger partial charge is 0.480 e. The Labute approximate surface area is 130 Å². The van der Waals surface area contributed by atoms with Crippen LogP contribution in [0.3, 0.4) is 0 Å². The Kier molecular flexibility index (Phi) is 5.20. The summed E-state index contributed by atoms with van der Waals surface area (Å²) >= 11 is 7.86. The molecule has 0 heterocycles. The minimum atomic E-state index is -1.06. The van der Waals surface area contributed by atoms with Crippen molar-refractivity contribution in [2.45, 2.75) is 26.8 Å². The van der Waals surface area contributed by atoms with Gasteiger partial charge in [0.15, 0.2) is 0 Å². The van der Waals surface area contributed by atoms with E-state index in [1.165, 1.54) is 6.07 Å². The van der Waals surface area contributed by atoms with Gasteiger partial charge in [0.25, 0.3) is 5.91 Å². The van der Waals surface area contributed by atoms with Crippen molar-refractivity contribution in [3.8, 4) is 0 Å². The second-order valence-electron chi connectivity index (χ2n) is 5.23. The highest BCUT2D eigenvalue weighted by Gasteiger charge is 2.33. The van der Waals surface area contributed by atoms with Gasteiger partial charge in [-0.05, 0) is 46.2 Å². The van der Waals surface area contributed by atoms with Crippen LogP contribution in [0, 0.1) is 8.99 Å². The molecule has 0 aliphatic carbocycles. The molecule has 104 valence electrons. The lowest BCUT2D eigenvalue weighted by Crippen LogP contribution is -2.49. The van der Waals surface area contributed by atoms with E-state index in [-0.39, 0.29) is 0 Å². The van der Waals surface area contributed by atoms with E-state index in [2.05, 4.69) is 5.32 Å². The Balaban J connectivity index is 3.01. The Bertz CT molecular complexity index is 511. The highest BCUT2D eigenvalue weighted by Crippen LogP contribution is 2.22. The Morgan fingerprint density at radius 3 is 2.42 bits per heavy atom. The van der Waals surface area contributed by atoms with Gasteiger partial charge in [-0.3, -0.25) is 4.79 Å². The van der Waals surface area contributed by atoms with Gasteiger partial charge < -0.3 is 10.4 Å². The number of benzene rings is 1. The smallest absolute Gasteiger partial charge is 0.326 e. The molecule has 1 amide bonds. The van der Waals surface area contributed by atoms with Gasteiger partial charge in [-0.1, -0.05) is 32.4 Å². The third kappa shape index (κ3) is 4.35. The third-order valence-corrected chi connectivity index (χ3v) is 3.74. The molecule has 0 aromatic heterocycles. The van der Waals surface area contributed by atoms with Gasteiger partial charge in [-0.2, -0.15) is 0 Å². The maximum atomic E-state index is 12.1. The lowest BCUT2D eigenvalue weighted by atomic mass is 9.86. The van der Waals surface area contributed by atoms with Crippen molar-refractivity contribution in [3.63, 3.8) is 0 Å². The monoisotopic (exact) mass is 395 g/mol. The average molecular weight is 396 g/mol. The second kappa shape index (κ2) is 6.09. The van der Waals surface area contributed by atoms with Gasteiger partial charge in [0.2, 0.25) is 0 Å². The number of carbonyl (C=O) groups is 2. The lowest BCUT2D eigenvalue weighted by molar-refractivity contribution is -0.142. The maximum absolute atomic E-state index is 12.1. The van der Waals surface area contributed by atoms with Gasteiger partial charge in [0.1, 0.15) is 6.04 Å². The molecule has 1 aromatic rings. The molecule has 0 saturated heterocycles. The number of carboxylic acids is 1. The molecule has 0 saturated carbocycles. The molecule has 19 heavy (non-hydrogen) atoms. The van der Waals surface area contributed by atoms with E-state index in [0.29, 0.717) is 10.6 Å². The quantitative estimate of drug-likeness (QED) is 0.773. The number of hydrogen-bond acceptors (Lipinski definition) is 2. The lowest BCUT2D eigenvalue weighted by Gasteiger charge is -2.27. The van der Waals surface area contributed by atoms with Crippen LogP contribution in [0.15, 0.2) is 18.2 Å². The third-order valence-electron chi connectivity index (χ3n) is 2.56. The summed E-state index contributed by atoms with van der Waals surface area (Å²) in [4.78, 5) is 23.4. The van der Waals surface area contributed by atoms with Crippen molar-refractivity contribution >= 4 is 46.1 Å². The fourth-order valence-electron chi connectivity index (χ4n) is 1.53. The minimum Gasteiger partial charge on any atom is -0.480 e. The van der Waals surface area contributed by atoms with Crippen molar-refractivity contribution in [1.29, 1.82) is 0 Å². The molecule has 4 nitrogen and oxygen atoms in total. The van der Waals surface area contributed by atoms with Crippen LogP contribution < -0.4 is 5.32 Å². The topological polar surface area (TPSA) is 66.4 Å². The van der Waals surface area contributed by atoms with E-state index in [1.54, 1.807) is 32.9 Å². The minimum absolute atomic E-state index is 0.378. The zero-order chi connectivity index (χ0) is 14.8. The highest BCUT2D eigenvalue weighted by atomic mass is 127. The van der Waals surface area contributed by atoms with E-state index >= 15 is 0 Å².